The van der Waals surface area contributed by atoms with Gasteiger partial charge in [0.25, 0.3) is 5.78 Å². The summed E-state index contributed by atoms with van der Waals surface area (Å²) in [5.41, 5.74) is 1.98. The van der Waals surface area contributed by atoms with Crippen LogP contribution in [0.2, 0.25) is 0 Å². The van der Waals surface area contributed by atoms with Crippen LogP contribution in [0.5, 0.6) is 17.2 Å². The fraction of sp³-hybridized carbons (Fsp3) is 0.200. The van der Waals surface area contributed by atoms with Crippen molar-refractivity contribution in [2.24, 2.45) is 0 Å². The zero-order valence-corrected chi connectivity index (χ0v) is 23.6. The molecule has 3 heterocycles. The summed E-state index contributed by atoms with van der Waals surface area (Å²) in [6.45, 7) is 3.11. The van der Waals surface area contributed by atoms with Crippen molar-refractivity contribution in [3.05, 3.63) is 95.1 Å². The molecule has 1 aromatic heterocycles. The highest BCUT2D eigenvalue weighted by atomic mass is 32.2. The van der Waals surface area contributed by atoms with E-state index in [0.29, 0.717) is 58.3 Å². The maximum absolute atomic E-state index is 13.6. The molecule has 3 aromatic carbocycles. The van der Waals surface area contributed by atoms with Crippen LogP contribution in [0.25, 0.3) is 5.76 Å². The Morgan fingerprint density at radius 1 is 1.02 bits per heavy atom. The third-order valence-electron chi connectivity index (χ3n) is 6.55. The summed E-state index contributed by atoms with van der Waals surface area (Å²) < 4.78 is 17.6. The van der Waals surface area contributed by atoms with E-state index in [1.54, 1.807) is 42.5 Å². The monoisotopic (exact) mass is 587 g/mol. The Bertz CT molecular complexity index is 1640. The van der Waals surface area contributed by atoms with Crippen LogP contribution in [0, 0.1) is 0 Å². The van der Waals surface area contributed by atoms with Gasteiger partial charge >= 0.3 is 5.91 Å². The van der Waals surface area contributed by atoms with Crippen LogP contribution in [0.4, 0.5) is 5.13 Å². The van der Waals surface area contributed by atoms with Gasteiger partial charge in [-0.3, -0.25) is 14.5 Å². The lowest BCUT2D eigenvalue weighted by Gasteiger charge is -2.23. The van der Waals surface area contributed by atoms with Crippen LogP contribution in [0.15, 0.2) is 82.7 Å². The lowest BCUT2D eigenvalue weighted by molar-refractivity contribution is -0.132. The average molecular weight is 588 g/mol. The predicted octanol–water partition coefficient (Wildman–Crippen LogP) is 5.63. The molecular formula is C30H25N3O6S2. The lowest BCUT2D eigenvalue weighted by Crippen LogP contribution is -2.29. The van der Waals surface area contributed by atoms with E-state index in [0.717, 1.165) is 5.56 Å². The van der Waals surface area contributed by atoms with Gasteiger partial charge in [-0.05, 0) is 48.4 Å². The molecule has 0 saturated carbocycles. The van der Waals surface area contributed by atoms with Crippen molar-refractivity contribution in [3.63, 3.8) is 0 Å². The molecule has 1 fully saturated rings. The standard InChI is InChI=1S/C30H25N3O6S2/c1-2-37-21-10-6-9-19(15-21)25-24(26(34)20-11-12-22-23(16-20)39-14-13-38-22)27(35)28(36)33(25)29-31-32-30(41-29)40-17-18-7-4-3-5-8-18/h3-12,15-16,25,34H,2,13-14,17H2,1H3/b26-24+. The summed E-state index contributed by atoms with van der Waals surface area (Å²) in [7, 11) is 0. The molecule has 4 aromatic rings. The van der Waals surface area contributed by atoms with E-state index in [4.69, 9.17) is 14.2 Å². The minimum absolute atomic E-state index is 0.0611. The highest BCUT2D eigenvalue weighted by molar-refractivity contribution is 8.00. The second kappa shape index (κ2) is 11.6. The number of aliphatic hydroxyl groups excluding tert-OH is 1. The number of hydrogen-bond acceptors (Lipinski definition) is 10. The van der Waals surface area contributed by atoms with E-state index >= 15 is 0 Å². The first-order chi connectivity index (χ1) is 20.0. The van der Waals surface area contributed by atoms with Gasteiger partial charge in [0.1, 0.15) is 24.7 Å². The second-order valence-electron chi connectivity index (χ2n) is 9.16. The third-order valence-corrected chi connectivity index (χ3v) is 8.68. The number of aromatic nitrogens is 2. The molecule has 6 rings (SSSR count). The number of fused-ring (bicyclic) bond motifs is 1. The first kappa shape index (κ1) is 26.9. The number of aliphatic hydroxyl groups is 1. The van der Waals surface area contributed by atoms with Crippen molar-refractivity contribution >= 4 is 45.7 Å². The summed E-state index contributed by atoms with van der Waals surface area (Å²) in [4.78, 5) is 28.4. The zero-order chi connectivity index (χ0) is 28.3. The molecule has 0 spiro atoms. The van der Waals surface area contributed by atoms with Gasteiger partial charge in [0.2, 0.25) is 5.13 Å². The SMILES string of the molecule is CCOc1cccc(C2/C(=C(\O)c3ccc4c(c3)OCCO4)C(=O)C(=O)N2c2nnc(SCc3ccccc3)s2)c1. The van der Waals surface area contributed by atoms with E-state index in [1.807, 2.05) is 37.3 Å². The maximum atomic E-state index is 13.6. The molecule has 41 heavy (non-hydrogen) atoms. The number of ether oxygens (including phenoxy) is 3. The fourth-order valence-corrected chi connectivity index (χ4v) is 6.53. The minimum Gasteiger partial charge on any atom is -0.507 e. The van der Waals surface area contributed by atoms with Crippen LogP contribution >= 0.6 is 23.1 Å². The van der Waals surface area contributed by atoms with Gasteiger partial charge < -0.3 is 19.3 Å². The molecule has 0 radical (unpaired) electrons. The molecule has 1 unspecified atom stereocenters. The summed E-state index contributed by atoms with van der Waals surface area (Å²) in [5.74, 6) is 0.309. The van der Waals surface area contributed by atoms with Crippen LogP contribution in [-0.2, 0) is 15.3 Å². The van der Waals surface area contributed by atoms with Crippen LogP contribution < -0.4 is 19.1 Å². The minimum atomic E-state index is -0.955. The van der Waals surface area contributed by atoms with Crippen molar-refractivity contribution in [2.75, 3.05) is 24.7 Å². The van der Waals surface area contributed by atoms with Gasteiger partial charge in [-0.2, -0.15) is 0 Å². The molecular weight excluding hydrogens is 562 g/mol. The van der Waals surface area contributed by atoms with E-state index in [2.05, 4.69) is 10.2 Å². The van der Waals surface area contributed by atoms with Gasteiger partial charge in [-0.25, -0.2) is 0 Å². The molecule has 2 aliphatic heterocycles. The Hall–Kier alpha value is -4.35. The number of benzene rings is 3. The zero-order valence-electron chi connectivity index (χ0n) is 22.0. The van der Waals surface area contributed by atoms with E-state index in [9.17, 15) is 14.7 Å². The Morgan fingerprint density at radius 3 is 2.63 bits per heavy atom. The van der Waals surface area contributed by atoms with E-state index in [-0.39, 0.29) is 16.5 Å². The first-order valence-electron chi connectivity index (χ1n) is 13.0. The summed E-state index contributed by atoms with van der Waals surface area (Å²) in [5, 5.41) is 20.3. The van der Waals surface area contributed by atoms with E-state index < -0.39 is 17.7 Å². The van der Waals surface area contributed by atoms with Gasteiger partial charge in [-0.15, -0.1) is 10.2 Å². The topological polar surface area (TPSA) is 111 Å². The fourth-order valence-electron chi connectivity index (χ4n) is 4.71. The highest BCUT2D eigenvalue weighted by Gasteiger charge is 2.48. The molecule has 208 valence electrons. The van der Waals surface area contributed by atoms with Gasteiger partial charge in [-0.1, -0.05) is 65.6 Å². The largest absolute Gasteiger partial charge is 0.507 e. The number of thioether (sulfide) groups is 1. The smallest absolute Gasteiger partial charge is 0.301 e. The Balaban J connectivity index is 1.41. The molecule has 0 aliphatic carbocycles. The number of amides is 1. The van der Waals surface area contributed by atoms with Crippen molar-refractivity contribution in [1.82, 2.24) is 10.2 Å². The number of ketones is 1. The molecule has 1 N–H and O–H groups in total. The van der Waals surface area contributed by atoms with Gasteiger partial charge in [0.05, 0.1) is 18.2 Å². The lowest BCUT2D eigenvalue weighted by atomic mass is 9.95. The van der Waals surface area contributed by atoms with Gasteiger partial charge in [0, 0.05) is 11.3 Å². The van der Waals surface area contributed by atoms with Gasteiger partial charge in [0.15, 0.2) is 15.8 Å². The first-order valence-corrected chi connectivity index (χ1v) is 14.8. The van der Waals surface area contributed by atoms with Crippen molar-refractivity contribution < 1.29 is 28.9 Å². The maximum Gasteiger partial charge on any atom is 0.301 e. The number of carbonyl (C=O) groups is 2. The number of hydrogen-bond donors (Lipinski definition) is 1. The van der Waals surface area contributed by atoms with Crippen LogP contribution in [-0.4, -0.2) is 46.8 Å². The Morgan fingerprint density at radius 2 is 1.83 bits per heavy atom. The third kappa shape index (κ3) is 5.38. The van der Waals surface area contributed by atoms with Crippen molar-refractivity contribution in [2.45, 2.75) is 23.1 Å². The summed E-state index contributed by atoms with van der Waals surface area (Å²) >= 11 is 2.71. The number of nitrogens with zero attached hydrogens (tertiary/aromatic N) is 3. The predicted molar refractivity (Wildman–Crippen MR) is 156 cm³/mol. The molecule has 11 heteroatoms. The molecule has 2 aliphatic rings. The van der Waals surface area contributed by atoms with Crippen LogP contribution in [0.1, 0.15) is 29.7 Å². The summed E-state index contributed by atoms with van der Waals surface area (Å²) in [6, 6.07) is 21.0. The molecule has 1 atom stereocenters. The highest BCUT2D eigenvalue weighted by Crippen LogP contribution is 2.45. The molecule has 9 nitrogen and oxygen atoms in total. The number of Topliss-reactive ketones (excluding diaryl/α,β-unsaturated/α-hetero) is 1. The quantitative estimate of drug-likeness (QED) is 0.0922. The van der Waals surface area contributed by atoms with E-state index in [1.165, 1.54) is 28.0 Å². The Labute approximate surface area is 244 Å². The number of anilines is 1. The van der Waals surface area contributed by atoms with Crippen molar-refractivity contribution in [1.29, 1.82) is 0 Å². The number of carbonyl (C=O) groups excluding carboxylic acids is 2. The second-order valence-corrected chi connectivity index (χ2v) is 11.3. The summed E-state index contributed by atoms with van der Waals surface area (Å²) in [6.07, 6.45) is 0. The van der Waals surface area contributed by atoms with Crippen molar-refractivity contribution in [3.8, 4) is 17.2 Å². The molecule has 0 bridgehead atoms. The Kier molecular flexibility index (Phi) is 7.62. The average Bonchev–Trinajstić information content (AvgIpc) is 3.58. The van der Waals surface area contributed by atoms with Crippen LogP contribution in [0.3, 0.4) is 0 Å². The normalized spacial score (nSPS) is 17.6. The molecule has 1 saturated heterocycles. The number of rotatable bonds is 8. The molecule has 1 amide bonds.